The highest BCUT2D eigenvalue weighted by Crippen LogP contribution is 2.29. The molecule has 0 saturated carbocycles. The highest BCUT2D eigenvalue weighted by Gasteiger charge is 2.30. The van der Waals surface area contributed by atoms with Crippen LogP contribution in [-0.4, -0.2) is 14.5 Å². The molecule has 0 saturated heterocycles. The van der Waals surface area contributed by atoms with Crippen molar-refractivity contribution in [2.75, 3.05) is 0 Å². The van der Waals surface area contributed by atoms with Gasteiger partial charge in [-0.2, -0.15) is 13.2 Å². The molecule has 0 aliphatic carbocycles. The van der Waals surface area contributed by atoms with Crippen molar-refractivity contribution in [2.45, 2.75) is 6.18 Å². The lowest BCUT2D eigenvalue weighted by Crippen LogP contribution is -2.07. The van der Waals surface area contributed by atoms with Crippen molar-refractivity contribution >= 4 is 23.2 Å². The number of para-hydroxylation sites is 2. The molecule has 4 rings (SSSR count). The Morgan fingerprint density at radius 2 is 1.56 bits per heavy atom. The fourth-order valence-electron chi connectivity index (χ4n) is 2.82. The lowest BCUT2D eigenvalue weighted by molar-refractivity contribution is -0.137. The van der Waals surface area contributed by atoms with Crippen molar-refractivity contribution in [3.05, 3.63) is 89.9 Å². The van der Waals surface area contributed by atoms with Gasteiger partial charge in [-0.3, -0.25) is 4.57 Å². The average molecular weight is 365 g/mol. The molecule has 0 amide bonds. The van der Waals surface area contributed by atoms with Crippen molar-refractivity contribution in [1.29, 1.82) is 0 Å². The molecular formula is C21H14F3N3. The molecule has 0 aliphatic heterocycles. The van der Waals surface area contributed by atoms with Crippen molar-refractivity contribution in [2.24, 2.45) is 0 Å². The van der Waals surface area contributed by atoms with E-state index in [1.54, 1.807) is 4.57 Å². The van der Waals surface area contributed by atoms with Gasteiger partial charge in [-0.15, -0.1) is 0 Å². The van der Waals surface area contributed by atoms with E-state index >= 15 is 0 Å². The molecule has 0 spiro atoms. The Morgan fingerprint density at radius 1 is 0.815 bits per heavy atom. The zero-order valence-electron chi connectivity index (χ0n) is 14.1. The minimum atomic E-state index is -4.42. The van der Waals surface area contributed by atoms with Crippen molar-refractivity contribution in [3.8, 4) is 5.82 Å². The summed E-state index contributed by atoms with van der Waals surface area (Å²) in [7, 11) is 0. The summed E-state index contributed by atoms with van der Waals surface area (Å²) in [5.74, 6) is 0.969. The van der Waals surface area contributed by atoms with Crippen LogP contribution in [0.3, 0.4) is 0 Å². The van der Waals surface area contributed by atoms with Gasteiger partial charge in [-0.05, 0) is 35.9 Å². The molecule has 2 aromatic heterocycles. The average Bonchev–Trinajstić information content (AvgIpc) is 3.05. The molecule has 3 nitrogen and oxygen atoms in total. The van der Waals surface area contributed by atoms with Gasteiger partial charge in [0.2, 0.25) is 0 Å². The Hall–Kier alpha value is -3.41. The molecule has 27 heavy (non-hydrogen) atoms. The summed E-state index contributed by atoms with van der Waals surface area (Å²) in [6, 6.07) is 19.5. The first-order valence-electron chi connectivity index (χ1n) is 8.26. The molecule has 0 N–H and O–H groups in total. The number of halogens is 3. The molecule has 0 unspecified atom stereocenters. The number of nitrogens with zero attached hydrogens (tertiary/aromatic N) is 3. The molecule has 6 heteroatoms. The smallest absolute Gasteiger partial charge is 0.277 e. The van der Waals surface area contributed by atoms with Crippen molar-refractivity contribution < 1.29 is 13.2 Å². The Kier molecular flexibility index (Phi) is 4.24. The van der Waals surface area contributed by atoms with Crippen LogP contribution in [0.1, 0.15) is 17.0 Å². The summed E-state index contributed by atoms with van der Waals surface area (Å²) < 4.78 is 40.2. The van der Waals surface area contributed by atoms with Gasteiger partial charge in [0.05, 0.1) is 16.6 Å². The highest BCUT2D eigenvalue weighted by molar-refractivity contribution is 5.81. The Labute approximate surface area is 153 Å². The van der Waals surface area contributed by atoms with Gasteiger partial charge >= 0.3 is 6.18 Å². The first-order chi connectivity index (χ1) is 13.0. The number of hydrogen-bond donors (Lipinski definition) is 0. The van der Waals surface area contributed by atoms with Gasteiger partial charge in [0.25, 0.3) is 0 Å². The van der Waals surface area contributed by atoms with E-state index in [-0.39, 0.29) is 0 Å². The standard InChI is InChI=1S/C21H14F3N3/c22-21(23,24)16-11-13-19(25-14-16)27-18-9-5-4-8-17(18)26-20(27)12-10-15-6-2-1-3-7-15/h1-14H. The van der Waals surface area contributed by atoms with Gasteiger partial charge in [-0.25, -0.2) is 9.97 Å². The van der Waals surface area contributed by atoms with Crippen LogP contribution in [0.4, 0.5) is 13.2 Å². The fourth-order valence-corrected chi connectivity index (χ4v) is 2.82. The zero-order chi connectivity index (χ0) is 18.9. The van der Waals surface area contributed by atoms with E-state index in [1.807, 2.05) is 66.7 Å². The summed E-state index contributed by atoms with van der Waals surface area (Å²) in [5.41, 5.74) is 1.73. The summed E-state index contributed by atoms with van der Waals surface area (Å²) in [6.07, 6.45) is 0.157. The largest absolute Gasteiger partial charge is 0.417 e. The summed E-state index contributed by atoms with van der Waals surface area (Å²) >= 11 is 0. The van der Waals surface area contributed by atoms with Crippen LogP contribution in [0.5, 0.6) is 0 Å². The lowest BCUT2D eigenvalue weighted by Gasteiger charge is -2.09. The molecule has 0 aliphatic rings. The van der Waals surface area contributed by atoms with E-state index in [0.29, 0.717) is 11.6 Å². The number of rotatable bonds is 3. The van der Waals surface area contributed by atoms with Crippen LogP contribution in [-0.2, 0) is 6.18 Å². The van der Waals surface area contributed by atoms with Crippen LogP contribution < -0.4 is 0 Å². The van der Waals surface area contributed by atoms with Gasteiger partial charge in [-0.1, -0.05) is 48.5 Å². The number of fused-ring (bicyclic) bond motifs is 1. The number of hydrogen-bond acceptors (Lipinski definition) is 2. The minimum absolute atomic E-state index is 0.379. The predicted octanol–water partition coefficient (Wildman–Crippen LogP) is 5.61. The van der Waals surface area contributed by atoms with Crippen molar-refractivity contribution in [3.63, 3.8) is 0 Å². The van der Waals surface area contributed by atoms with Crippen LogP contribution in [0, 0.1) is 0 Å². The van der Waals surface area contributed by atoms with Crippen LogP contribution in [0.25, 0.3) is 29.0 Å². The second kappa shape index (κ2) is 6.72. The van der Waals surface area contributed by atoms with E-state index in [9.17, 15) is 13.2 Å². The van der Waals surface area contributed by atoms with Crippen molar-refractivity contribution in [1.82, 2.24) is 14.5 Å². The summed E-state index contributed by atoms with van der Waals surface area (Å²) in [5, 5.41) is 0. The Bertz CT molecular complexity index is 1100. The van der Waals surface area contributed by atoms with E-state index < -0.39 is 11.7 Å². The van der Waals surface area contributed by atoms with Gasteiger partial charge in [0.15, 0.2) is 0 Å². The maximum absolute atomic E-state index is 12.8. The number of pyridine rings is 1. The molecule has 2 aromatic carbocycles. The SMILES string of the molecule is FC(F)(F)c1ccc(-n2c(C=Cc3ccccc3)nc3ccccc32)nc1. The van der Waals surface area contributed by atoms with Gasteiger partial charge < -0.3 is 0 Å². The third-order valence-electron chi connectivity index (χ3n) is 4.12. The summed E-state index contributed by atoms with van der Waals surface area (Å²) in [4.78, 5) is 8.61. The number of alkyl halides is 3. The molecular weight excluding hydrogens is 351 g/mol. The van der Waals surface area contributed by atoms with Crippen LogP contribution >= 0.6 is 0 Å². The Morgan fingerprint density at radius 3 is 2.26 bits per heavy atom. The van der Waals surface area contributed by atoms with Gasteiger partial charge in [0.1, 0.15) is 11.6 Å². The minimum Gasteiger partial charge on any atom is -0.277 e. The number of benzene rings is 2. The predicted molar refractivity (Wildman–Crippen MR) is 99.2 cm³/mol. The molecule has 4 aromatic rings. The maximum atomic E-state index is 12.8. The van der Waals surface area contributed by atoms with Crippen LogP contribution in [0.2, 0.25) is 0 Å². The van der Waals surface area contributed by atoms with Crippen LogP contribution in [0.15, 0.2) is 72.9 Å². The first-order valence-corrected chi connectivity index (χ1v) is 8.26. The van der Waals surface area contributed by atoms with Gasteiger partial charge in [0, 0.05) is 6.20 Å². The number of aromatic nitrogens is 3. The molecule has 0 fully saturated rings. The normalized spacial score (nSPS) is 12.1. The third-order valence-corrected chi connectivity index (χ3v) is 4.12. The molecule has 0 atom stereocenters. The number of imidazole rings is 1. The monoisotopic (exact) mass is 365 g/mol. The quantitative estimate of drug-likeness (QED) is 0.472. The Balaban J connectivity index is 1.82. The highest BCUT2D eigenvalue weighted by atomic mass is 19.4. The second-order valence-electron chi connectivity index (χ2n) is 5.94. The van der Waals surface area contributed by atoms with E-state index in [2.05, 4.69) is 9.97 Å². The van der Waals surface area contributed by atoms with E-state index in [0.717, 1.165) is 28.9 Å². The first kappa shape index (κ1) is 17.0. The topological polar surface area (TPSA) is 30.7 Å². The summed E-state index contributed by atoms with van der Waals surface area (Å²) in [6.45, 7) is 0. The molecule has 0 radical (unpaired) electrons. The lowest BCUT2D eigenvalue weighted by atomic mass is 10.2. The molecule has 134 valence electrons. The third kappa shape index (κ3) is 3.46. The second-order valence-corrected chi connectivity index (χ2v) is 5.94. The molecule has 2 heterocycles. The zero-order valence-corrected chi connectivity index (χ0v) is 14.1. The molecule has 0 bridgehead atoms. The van der Waals surface area contributed by atoms with E-state index in [1.165, 1.54) is 6.07 Å². The van der Waals surface area contributed by atoms with E-state index in [4.69, 9.17) is 0 Å². The fraction of sp³-hybridized carbons (Fsp3) is 0.0476. The maximum Gasteiger partial charge on any atom is 0.417 e.